The molecule has 1 aromatic rings. The molecule has 0 amide bonds. The van der Waals surface area contributed by atoms with E-state index in [4.69, 9.17) is 0 Å². The van der Waals surface area contributed by atoms with Crippen molar-refractivity contribution in [3.63, 3.8) is 0 Å². The van der Waals surface area contributed by atoms with Crippen LogP contribution in [0.5, 0.6) is 0 Å². The SMILES string of the molecule is CCCN(Cc1ccccc1)[C@H]1CCNC1. The zero-order chi connectivity index (χ0) is 11.2. The second kappa shape index (κ2) is 6.02. The number of hydrogen-bond donors (Lipinski definition) is 1. The minimum absolute atomic E-state index is 0.736. The van der Waals surface area contributed by atoms with E-state index in [1.54, 1.807) is 0 Å². The Hall–Kier alpha value is -0.860. The lowest BCUT2D eigenvalue weighted by Crippen LogP contribution is -2.36. The molecule has 2 nitrogen and oxygen atoms in total. The molecule has 16 heavy (non-hydrogen) atoms. The zero-order valence-electron chi connectivity index (χ0n) is 10.2. The number of hydrogen-bond acceptors (Lipinski definition) is 2. The molecule has 0 saturated carbocycles. The van der Waals surface area contributed by atoms with Crippen molar-refractivity contribution in [2.24, 2.45) is 0 Å². The van der Waals surface area contributed by atoms with Crippen molar-refractivity contribution in [2.45, 2.75) is 32.4 Å². The molecule has 1 aliphatic heterocycles. The minimum atomic E-state index is 0.736. The smallest absolute Gasteiger partial charge is 0.0237 e. The van der Waals surface area contributed by atoms with Crippen LogP contribution in [0.2, 0.25) is 0 Å². The van der Waals surface area contributed by atoms with Crippen molar-refractivity contribution in [2.75, 3.05) is 19.6 Å². The fourth-order valence-corrected chi connectivity index (χ4v) is 2.45. The fourth-order valence-electron chi connectivity index (χ4n) is 2.45. The molecule has 1 atom stereocenters. The highest BCUT2D eigenvalue weighted by molar-refractivity contribution is 5.14. The second-order valence-electron chi connectivity index (χ2n) is 4.60. The highest BCUT2D eigenvalue weighted by atomic mass is 15.2. The maximum absolute atomic E-state index is 3.46. The van der Waals surface area contributed by atoms with E-state index < -0.39 is 0 Å². The molecule has 0 aromatic heterocycles. The van der Waals surface area contributed by atoms with Gasteiger partial charge in [0.1, 0.15) is 0 Å². The van der Waals surface area contributed by atoms with E-state index in [0.717, 1.165) is 19.1 Å². The number of benzene rings is 1. The van der Waals surface area contributed by atoms with Gasteiger partial charge in [0.15, 0.2) is 0 Å². The van der Waals surface area contributed by atoms with Crippen molar-refractivity contribution >= 4 is 0 Å². The zero-order valence-corrected chi connectivity index (χ0v) is 10.2. The fraction of sp³-hybridized carbons (Fsp3) is 0.571. The molecule has 1 fully saturated rings. The topological polar surface area (TPSA) is 15.3 Å². The van der Waals surface area contributed by atoms with Crippen LogP contribution in [0.4, 0.5) is 0 Å². The molecule has 1 heterocycles. The number of nitrogens with one attached hydrogen (secondary N) is 1. The summed E-state index contributed by atoms with van der Waals surface area (Å²) < 4.78 is 0. The van der Waals surface area contributed by atoms with Gasteiger partial charge in [0.05, 0.1) is 0 Å². The van der Waals surface area contributed by atoms with Crippen molar-refractivity contribution in [3.05, 3.63) is 35.9 Å². The van der Waals surface area contributed by atoms with Gasteiger partial charge in [-0.1, -0.05) is 37.3 Å². The molecule has 1 aliphatic rings. The van der Waals surface area contributed by atoms with Crippen LogP contribution < -0.4 is 5.32 Å². The first-order valence-electron chi connectivity index (χ1n) is 6.39. The van der Waals surface area contributed by atoms with E-state index in [0.29, 0.717) is 0 Å². The van der Waals surface area contributed by atoms with Crippen molar-refractivity contribution in [1.29, 1.82) is 0 Å². The highest BCUT2D eigenvalue weighted by Gasteiger charge is 2.21. The van der Waals surface area contributed by atoms with Crippen LogP contribution in [0.1, 0.15) is 25.3 Å². The Balaban J connectivity index is 1.96. The maximum Gasteiger partial charge on any atom is 0.0237 e. The molecule has 2 heteroatoms. The quantitative estimate of drug-likeness (QED) is 0.815. The summed E-state index contributed by atoms with van der Waals surface area (Å²) in [6.07, 6.45) is 2.54. The van der Waals surface area contributed by atoms with Gasteiger partial charge in [0.25, 0.3) is 0 Å². The van der Waals surface area contributed by atoms with Gasteiger partial charge in [-0.05, 0) is 31.5 Å². The average Bonchev–Trinajstić information content (AvgIpc) is 2.83. The molecule has 2 rings (SSSR count). The van der Waals surface area contributed by atoms with Crippen LogP contribution in [0.25, 0.3) is 0 Å². The normalized spacial score (nSPS) is 20.5. The van der Waals surface area contributed by atoms with Gasteiger partial charge in [0.2, 0.25) is 0 Å². The summed E-state index contributed by atoms with van der Waals surface area (Å²) in [6, 6.07) is 11.5. The van der Waals surface area contributed by atoms with Gasteiger partial charge in [-0.3, -0.25) is 4.90 Å². The van der Waals surface area contributed by atoms with Crippen molar-refractivity contribution < 1.29 is 0 Å². The van der Waals surface area contributed by atoms with Crippen molar-refractivity contribution in [1.82, 2.24) is 10.2 Å². The van der Waals surface area contributed by atoms with Gasteiger partial charge >= 0.3 is 0 Å². The van der Waals surface area contributed by atoms with E-state index in [9.17, 15) is 0 Å². The predicted octanol–water partition coefficient (Wildman–Crippen LogP) is 2.26. The minimum Gasteiger partial charge on any atom is -0.315 e. The molecule has 0 spiro atoms. The van der Waals surface area contributed by atoms with E-state index in [2.05, 4.69) is 47.5 Å². The van der Waals surface area contributed by atoms with Crippen molar-refractivity contribution in [3.8, 4) is 0 Å². The standard InChI is InChI=1S/C14H22N2/c1-2-10-16(14-8-9-15-11-14)12-13-6-4-3-5-7-13/h3-7,14-15H,2,8-12H2,1H3/t14-/m0/s1. The summed E-state index contributed by atoms with van der Waals surface area (Å²) in [4.78, 5) is 2.62. The van der Waals surface area contributed by atoms with Crippen LogP contribution in [0, 0.1) is 0 Å². The van der Waals surface area contributed by atoms with Crippen LogP contribution in [0.3, 0.4) is 0 Å². The van der Waals surface area contributed by atoms with Crippen LogP contribution in [-0.4, -0.2) is 30.6 Å². The molecular weight excluding hydrogens is 196 g/mol. The van der Waals surface area contributed by atoms with Gasteiger partial charge < -0.3 is 5.32 Å². The Morgan fingerprint density at radius 3 is 2.75 bits per heavy atom. The molecule has 0 aliphatic carbocycles. The van der Waals surface area contributed by atoms with Gasteiger partial charge in [-0.2, -0.15) is 0 Å². The number of rotatable bonds is 5. The molecule has 1 aromatic carbocycles. The number of nitrogens with zero attached hydrogens (tertiary/aromatic N) is 1. The van der Waals surface area contributed by atoms with E-state index in [1.165, 1.54) is 31.5 Å². The molecule has 1 N–H and O–H groups in total. The first-order valence-corrected chi connectivity index (χ1v) is 6.39. The lowest BCUT2D eigenvalue weighted by Gasteiger charge is -2.28. The highest BCUT2D eigenvalue weighted by Crippen LogP contribution is 2.13. The maximum atomic E-state index is 3.46. The molecule has 88 valence electrons. The Kier molecular flexibility index (Phi) is 4.37. The first-order chi connectivity index (χ1) is 7.90. The molecule has 1 saturated heterocycles. The largest absolute Gasteiger partial charge is 0.315 e. The summed E-state index contributed by atoms with van der Waals surface area (Å²) in [5.74, 6) is 0. The lowest BCUT2D eigenvalue weighted by molar-refractivity contribution is 0.199. The summed E-state index contributed by atoms with van der Waals surface area (Å²) in [6.45, 7) is 6.91. The predicted molar refractivity (Wildman–Crippen MR) is 68.4 cm³/mol. The summed E-state index contributed by atoms with van der Waals surface area (Å²) in [7, 11) is 0. The molecular formula is C14H22N2. The lowest BCUT2D eigenvalue weighted by atomic mass is 10.1. The molecule has 0 bridgehead atoms. The van der Waals surface area contributed by atoms with Crippen LogP contribution >= 0.6 is 0 Å². The van der Waals surface area contributed by atoms with Gasteiger partial charge in [-0.15, -0.1) is 0 Å². The van der Waals surface area contributed by atoms with Gasteiger partial charge in [-0.25, -0.2) is 0 Å². The Morgan fingerprint density at radius 2 is 2.12 bits per heavy atom. The third kappa shape index (κ3) is 3.06. The Bertz CT molecular complexity index is 291. The van der Waals surface area contributed by atoms with Crippen LogP contribution in [0.15, 0.2) is 30.3 Å². The average molecular weight is 218 g/mol. The summed E-state index contributed by atoms with van der Waals surface area (Å²) in [5, 5.41) is 3.46. The third-order valence-electron chi connectivity index (χ3n) is 3.29. The van der Waals surface area contributed by atoms with Gasteiger partial charge in [0, 0.05) is 19.1 Å². The second-order valence-corrected chi connectivity index (χ2v) is 4.60. The first kappa shape index (κ1) is 11.6. The summed E-state index contributed by atoms with van der Waals surface area (Å²) >= 11 is 0. The monoisotopic (exact) mass is 218 g/mol. The van der Waals surface area contributed by atoms with E-state index >= 15 is 0 Å². The Morgan fingerprint density at radius 1 is 1.31 bits per heavy atom. The van der Waals surface area contributed by atoms with E-state index in [1.807, 2.05) is 0 Å². The third-order valence-corrected chi connectivity index (χ3v) is 3.29. The molecule has 0 unspecified atom stereocenters. The molecule has 0 radical (unpaired) electrons. The summed E-state index contributed by atoms with van der Waals surface area (Å²) in [5.41, 5.74) is 1.43. The Labute approximate surface area is 98.7 Å². The van der Waals surface area contributed by atoms with E-state index in [-0.39, 0.29) is 0 Å². The van der Waals surface area contributed by atoms with Crippen LogP contribution in [-0.2, 0) is 6.54 Å².